The van der Waals surface area contributed by atoms with Crippen LogP contribution in [0.4, 0.5) is 27.5 Å². The maximum Gasteiger partial charge on any atom is 0.323 e. The van der Waals surface area contributed by atoms with Crippen LogP contribution < -0.4 is 21.3 Å². The maximum absolute atomic E-state index is 12.0. The molecule has 2 rings (SSSR count). The zero-order valence-corrected chi connectivity index (χ0v) is 11.6. The van der Waals surface area contributed by atoms with Gasteiger partial charge in [0.25, 0.3) is 0 Å². The highest BCUT2D eigenvalue weighted by Crippen LogP contribution is 2.26. The lowest BCUT2D eigenvalue weighted by molar-refractivity contribution is 0.262. The molecule has 0 aliphatic heterocycles. The highest BCUT2D eigenvalue weighted by molar-refractivity contribution is 6.02. The van der Waals surface area contributed by atoms with Crippen molar-refractivity contribution in [3.05, 3.63) is 48.5 Å². The van der Waals surface area contributed by atoms with Crippen LogP contribution in [0.2, 0.25) is 0 Å². The number of nitrogens with zero attached hydrogens (tertiary/aromatic N) is 1. The standard InChI is InChI=1S/C15H18N4O/c1-19(2)14-9-8-11(16)10-13(14)18-15(20)17-12-6-4-3-5-7-12/h3-10H,16H2,1-2H3,(H2,17,18,20). The summed E-state index contributed by atoms with van der Waals surface area (Å²) in [5.74, 6) is 0. The fraction of sp³-hybridized carbons (Fsp3) is 0.133. The van der Waals surface area contributed by atoms with Crippen LogP contribution in [0.1, 0.15) is 0 Å². The Kier molecular flexibility index (Phi) is 4.10. The first-order valence-corrected chi connectivity index (χ1v) is 6.26. The summed E-state index contributed by atoms with van der Waals surface area (Å²) in [6.45, 7) is 0. The summed E-state index contributed by atoms with van der Waals surface area (Å²) in [6, 6.07) is 14.4. The average Bonchev–Trinajstić information content (AvgIpc) is 2.39. The molecule has 0 fully saturated rings. The van der Waals surface area contributed by atoms with Crippen LogP contribution in [0.25, 0.3) is 0 Å². The molecule has 0 bridgehead atoms. The van der Waals surface area contributed by atoms with Crippen LogP contribution in [0.15, 0.2) is 48.5 Å². The number of anilines is 4. The van der Waals surface area contributed by atoms with Gasteiger partial charge in [0.15, 0.2) is 0 Å². The van der Waals surface area contributed by atoms with E-state index < -0.39 is 0 Å². The Hall–Kier alpha value is -2.69. The molecule has 0 heterocycles. The number of hydrogen-bond acceptors (Lipinski definition) is 3. The van der Waals surface area contributed by atoms with E-state index in [1.165, 1.54) is 0 Å². The van der Waals surface area contributed by atoms with Crippen LogP contribution in [-0.2, 0) is 0 Å². The van der Waals surface area contributed by atoms with Crippen molar-refractivity contribution in [1.29, 1.82) is 0 Å². The lowest BCUT2D eigenvalue weighted by Gasteiger charge is -2.18. The molecule has 5 nitrogen and oxygen atoms in total. The van der Waals surface area contributed by atoms with Gasteiger partial charge < -0.3 is 21.3 Å². The summed E-state index contributed by atoms with van der Waals surface area (Å²) in [5.41, 5.74) is 8.67. The molecule has 20 heavy (non-hydrogen) atoms. The van der Waals surface area contributed by atoms with E-state index in [2.05, 4.69) is 10.6 Å². The normalized spacial score (nSPS) is 9.90. The molecule has 0 aromatic heterocycles. The number of rotatable bonds is 3. The molecular weight excluding hydrogens is 252 g/mol. The Morgan fingerprint density at radius 1 is 1.05 bits per heavy atom. The van der Waals surface area contributed by atoms with Gasteiger partial charge in [0, 0.05) is 25.5 Å². The quantitative estimate of drug-likeness (QED) is 0.751. The van der Waals surface area contributed by atoms with Gasteiger partial charge in [0.2, 0.25) is 0 Å². The van der Waals surface area contributed by atoms with E-state index in [0.717, 1.165) is 11.4 Å². The van der Waals surface area contributed by atoms with E-state index >= 15 is 0 Å². The molecule has 0 aliphatic rings. The topological polar surface area (TPSA) is 70.4 Å². The molecule has 4 N–H and O–H groups in total. The minimum absolute atomic E-state index is 0.301. The molecule has 2 aromatic carbocycles. The first-order chi connectivity index (χ1) is 9.56. The van der Waals surface area contributed by atoms with Crippen molar-refractivity contribution in [2.75, 3.05) is 35.4 Å². The summed E-state index contributed by atoms with van der Waals surface area (Å²) in [5, 5.41) is 5.58. The van der Waals surface area contributed by atoms with Crippen LogP contribution >= 0.6 is 0 Å². The summed E-state index contributed by atoms with van der Waals surface area (Å²) in [6.07, 6.45) is 0. The zero-order valence-electron chi connectivity index (χ0n) is 11.6. The van der Waals surface area contributed by atoms with Gasteiger partial charge in [-0.15, -0.1) is 0 Å². The number of benzene rings is 2. The van der Waals surface area contributed by atoms with E-state index in [1.807, 2.05) is 55.4 Å². The van der Waals surface area contributed by atoms with Crippen molar-refractivity contribution in [1.82, 2.24) is 0 Å². The highest BCUT2D eigenvalue weighted by atomic mass is 16.2. The second-order valence-corrected chi connectivity index (χ2v) is 4.62. The van der Waals surface area contributed by atoms with E-state index in [0.29, 0.717) is 11.4 Å². The van der Waals surface area contributed by atoms with Gasteiger partial charge >= 0.3 is 6.03 Å². The third kappa shape index (κ3) is 3.41. The fourth-order valence-corrected chi connectivity index (χ4v) is 1.85. The van der Waals surface area contributed by atoms with E-state index in [-0.39, 0.29) is 6.03 Å². The van der Waals surface area contributed by atoms with Gasteiger partial charge in [0.05, 0.1) is 11.4 Å². The predicted molar refractivity (Wildman–Crippen MR) is 84.3 cm³/mol. The Morgan fingerprint density at radius 2 is 1.75 bits per heavy atom. The number of para-hydroxylation sites is 1. The molecule has 2 aromatic rings. The van der Waals surface area contributed by atoms with Gasteiger partial charge in [-0.3, -0.25) is 0 Å². The van der Waals surface area contributed by atoms with Gasteiger partial charge in [-0.05, 0) is 30.3 Å². The van der Waals surface area contributed by atoms with E-state index in [4.69, 9.17) is 5.73 Å². The summed E-state index contributed by atoms with van der Waals surface area (Å²) < 4.78 is 0. The summed E-state index contributed by atoms with van der Waals surface area (Å²) in [4.78, 5) is 13.9. The molecule has 0 spiro atoms. The lowest BCUT2D eigenvalue weighted by atomic mass is 10.2. The zero-order chi connectivity index (χ0) is 14.5. The molecule has 0 aliphatic carbocycles. The predicted octanol–water partition coefficient (Wildman–Crippen LogP) is 2.98. The maximum atomic E-state index is 12.0. The van der Waals surface area contributed by atoms with Crippen molar-refractivity contribution < 1.29 is 4.79 Å². The third-order valence-corrected chi connectivity index (χ3v) is 2.78. The number of urea groups is 1. The summed E-state index contributed by atoms with van der Waals surface area (Å²) in [7, 11) is 3.82. The van der Waals surface area contributed by atoms with Crippen molar-refractivity contribution in [2.45, 2.75) is 0 Å². The fourth-order valence-electron chi connectivity index (χ4n) is 1.85. The molecule has 0 atom stereocenters. The van der Waals surface area contributed by atoms with Crippen molar-refractivity contribution in [3.63, 3.8) is 0 Å². The van der Waals surface area contributed by atoms with Crippen LogP contribution in [0.3, 0.4) is 0 Å². The van der Waals surface area contributed by atoms with Gasteiger partial charge in [-0.2, -0.15) is 0 Å². The molecule has 0 unspecified atom stereocenters. The molecular formula is C15H18N4O. The number of nitrogen functional groups attached to an aromatic ring is 1. The molecule has 2 amide bonds. The number of carbonyl (C=O) groups is 1. The third-order valence-electron chi connectivity index (χ3n) is 2.78. The first kappa shape index (κ1) is 13.7. The Morgan fingerprint density at radius 3 is 2.40 bits per heavy atom. The largest absolute Gasteiger partial charge is 0.399 e. The number of amides is 2. The van der Waals surface area contributed by atoms with Gasteiger partial charge in [-0.25, -0.2) is 4.79 Å². The Balaban J connectivity index is 2.13. The molecule has 104 valence electrons. The Bertz CT molecular complexity index is 596. The number of hydrogen-bond donors (Lipinski definition) is 3. The molecule has 0 saturated carbocycles. The van der Waals surface area contributed by atoms with Crippen molar-refractivity contribution in [3.8, 4) is 0 Å². The minimum atomic E-state index is -0.301. The second kappa shape index (κ2) is 5.97. The van der Waals surface area contributed by atoms with E-state index in [1.54, 1.807) is 12.1 Å². The average molecular weight is 270 g/mol. The summed E-state index contributed by atoms with van der Waals surface area (Å²) >= 11 is 0. The van der Waals surface area contributed by atoms with Crippen LogP contribution in [0, 0.1) is 0 Å². The monoisotopic (exact) mass is 270 g/mol. The van der Waals surface area contributed by atoms with Crippen LogP contribution in [-0.4, -0.2) is 20.1 Å². The van der Waals surface area contributed by atoms with Gasteiger partial charge in [-0.1, -0.05) is 18.2 Å². The smallest absolute Gasteiger partial charge is 0.323 e. The number of carbonyl (C=O) groups excluding carboxylic acids is 1. The minimum Gasteiger partial charge on any atom is -0.399 e. The SMILES string of the molecule is CN(C)c1ccc(N)cc1NC(=O)Nc1ccccc1. The highest BCUT2D eigenvalue weighted by Gasteiger charge is 2.09. The number of nitrogens with two attached hydrogens (primary N) is 1. The van der Waals surface area contributed by atoms with Crippen molar-refractivity contribution >= 4 is 28.8 Å². The Labute approximate surface area is 118 Å². The second-order valence-electron chi connectivity index (χ2n) is 4.62. The molecule has 0 radical (unpaired) electrons. The van der Waals surface area contributed by atoms with Crippen LogP contribution in [0.5, 0.6) is 0 Å². The molecule has 0 saturated heterocycles. The first-order valence-electron chi connectivity index (χ1n) is 6.26. The van der Waals surface area contributed by atoms with Gasteiger partial charge in [0.1, 0.15) is 0 Å². The molecule has 5 heteroatoms. The van der Waals surface area contributed by atoms with E-state index in [9.17, 15) is 4.79 Å². The lowest BCUT2D eigenvalue weighted by Crippen LogP contribution is -2.21. The number of nitrogens with one attached hydrogen (secondary N) is 2. The van der Waals surface area contributed by atoms with Crippen molar-refractivity contribution in [2.24, 2.45) is 0 Å².